The molecule has 2 aromatic rings. The Labute approximate surface area is 105 Å². The van der Waals surface area contributed by atoms with Crippen molar-refractivity contribution in [2.24, 2.45) is 12.8 Å². The Morgan fingerprint density at radius 2 is 2.22 bits per heavy atom. The summed E-state index contributed by atoms with van der Waals surface area (Å²) in [4.78, 5) is 4.39. The Balaban J connectivity index is 2.32. The smallest absolute Gasteiger partial charge is 0.123 e. The molecule has 0 spiro atoms. The molecule has 4 nitrogen and oxygen atoms in total. The molecule has 1 aromatic carbocycles. The topological polar surface area (TPSA) is 53.1 Å². The van der Waals surface area contributed by atoms with E-state index in [0.717, 1.165) is 17.1 Å². The normalized spacial score (nSPS) is 10.7. The van der Waals surface area contributed by atoms with Crippen LogP contribution in [0.2, 0.25) is 0 Å². The van der Waals surface area contributed by atoms with Gasteiger partial charge in [0.25, 0.3) is 0 Å². The summed E-state index contributed by atoms with van der Waals surface area (Å²) in [6.07, 6.45) is 2.39. The van der Waals surface area contributed by atoms with E-state index in [1.807, 2.05) is 17.8 Å². The monoisotopic (exact) mass is 249 g/mol. The first-order valence-electron chi connectivity index (χ1n) is 5.67. The van der Waals surface area contributed by atoms with E-state index < -0.39 is 0 Å². The lowest BCUT2D eigenvalue weighted by molar-refractivity contribution is 0.409. The lowest BCUT2D eigenvalue weighted by atomic mass is 10.1. The molecule has 0 unspecified atom stereocenters. The minimum absolute atomic E-state index is 0.279. The number of halogens is 1. The number of nitrogens with two attached hydrogens (primary N) is 1. The average molecular weight is 249 g/mol. The van der Waals surface area contributed by atoms with Crippen LogP contribution in [-0.4, -0.2) is 16.7 Å². The molecule has 2 rings (SSSR count). The van der Waals surface area contributed by atoms with Crippen molar-refractivity contribution in [2.45, 2.75) is 13.0 Å². The number of methoxy groups -OCH3 is 1. The first-order chi connectivity index (χ1) is 8.63. The van der Waals surface area contributed by atoms with Crippen LogP contribution in [0.1, 0.15) is 17.1 Å². The standard InChI is InChI=1S/C13H16FN3O/c1-17-8-11(7-15)16-13(17)6-9-5-10(14)3-4-12(9)18-2/h3-5,8H,6-7,15H2,1-2H3. The van der Waals surface area contributed by atoms with Gasteiger partial charge in [-0.2, -0.15) is 0 Å². The van der Waals surface area contributed by atoms with Crippen LogP contribution in [0.4, 0.5) is 4.39 Å². The molecule has 0 saturated heterocycles. The molecule has 0 radical (unpaired) electrons. The molecule has 0 bridgehead atoms. The van der Waals surface area contributed by atoms with Crippen LogP contribution in [0.5, 0.6) is 5.75 Å². The summed E-state index contributed by atoms with van der Waals surface area (Å²) in [5.41, 5.74) is 7.14. The molecule has 0 aliphatic rings. The molecule has 0 aliphatic carbocycles. The molecular formula is C13H16FN3O. The molecule has 2 N–H and O–H groups in total. The first-order valence-corrected chi connectivity index (χ1v) is 5.67. The number of aryl methyl sites for hydroxylation is 1. The maximum Gasteiger partial charge on any atom is 0.123 e. The van der Waals surface area contributed by atoms with Crippen molar-refractivity contribution < 1.29 is 9.13 Å². The van der Waals surface area contributed by atoms with E-state index in [1.165, 1.54) is 12.1 Å². The summed E-state index contributed by atoms with van der Waals surface area (Å²) >= 11 is 0. The summed E-state index contributed by atoms with van der Waals surface area (Å²) in [6, 6.07) is 4.47. The Morgan fingerprint density at radius 1 is 1.44 bits per heavy atom. The highest BCUT2D eigenvalue weighted by atomic mass is 19.1. The van der Waals surface area contributed by atoms with Gasteiger partial charge in [0.05, 0.1) is 12.8 Å². The lowest BCUT2D eigenvalue weighted by Gasteiger charge is -2.08. The van der Waals surface area contributed by atoms with Gasteiger partial charge in [-0.25, -0.2) is 9.37 Å². The summed E-state index contributed by atoms with van der Waals surface area (Å²) in [5, 5.41) is 0. The van der Waals surface area contributed by atoms with E-state index in [2.05, 4.69) is 4.98 Å². The third-order valence-corrected chi connectivity index (χ3v) is 2.82. The van der Waals surface area contributed by atoms with E-state index in [9.17, 15) is 4.39 Å². The van der Waals surface area contributed by atoms with Gasteiger partial charge in [0.1, 0.15) is 17.4 Å². The number of aromatic nitrogens is 2. The second-order valence-electron chi connectivity index (χ2n) is 4.10. The van der Waals surface area contributed by atoms with Crippen molar-refractivity contribution in [3.05, 3.63) is 47.3 Å². The third kappa shape index (κ3) is 2.51. The molecular weight excluding hydrogens is 233 g/mol. The van der Waals surface area contributed by atoms with Crippen molar-refractivity contribution >= 4 is 0 Å². The lowest BCUT2D eigenvalue weighted by Crippen LogP contribution is -2.01. The third-order valence-electron chi connectivity index (χ3n) is 2.82. The molecule has 0 amide bonds. The van der Waals surface area contributed by atoms with Gasteiger partial charge in [-0.05, 0) is 18.2 Å². The van der Waals surface area contributed by atoms with Gasteiger partial charge in [-0.1, -0.05) is 0 Å². The van der Waals surface area contributed by atoms with Gasteiger partial charge in [0.2, 0.25) is 0 Å². The Hall–Kier alpha value is -1.88. The summed E-state index contributed by atoms with van der Waals surface area (Å²) in [6.45, 7) is 0.397. The molecule has 5 heteroatoms. The SMILES string of the molecule is COc1ccc(F)cc1Cc1nc(CN)cn1C. The summed E-state index contributed by atoms with van der Waals surface area (Å²) < 4.78 is 20.4. The number of imidazole rings is 1. The van der Waals surface area contributed by atoms with Crippen molar-refractivity contribution in [3.8, 4) is 5.75 Å². The van der Waals surface area contributed by atoms with E-state index >= 15 is 0 Å². The highest BCUT2D eigenvalue weighted by Crippen LogP contribution is 2.22. The zero-order valence-corrected chi connectivity index (χ0v) is 10.5. The van der Waals surface area contributed by atoms with Crippen LogP contribution < -0.4 is 10.5 Å². The fraction of sp³-hybridized carbons (Fsp3) is 0.308. The molecule has 18 heavy (non-hydrogen) atoms. The maximum atomic E-state index is 13.3. The van der Waals surface area contributed by atoms with Crippen molar-refractivity contribution in [3.63, 3.8) is 0 Å². The minimum atomic E-state index is -0.279. The quantitative estimate of drug-likeness (QED) is 0.895. The number of hydrogen-bond donors (Lipinski definition) is 1. The fourth-order valence-corrected chi connectivity index (χ4v) is 1.89. The van der Waals surface area contributed by atoms with E-state index in [-0.39, 0.29) is 5.82 Å². The zero-order valence-electron chi connectivity index (χ0n) is 10.5. The van der Waals surface area contributed by atoms with Crippen LogP contribution >= 0.6 is 0 Å². The number of ether oxygens (including phenoxy) is 1. The summed E-state index contributed by atoms with van der Waals surface area (Å²) in [5.74, 6) is 1.21. The van der Waals surface area contributed by atoms with Crippen LogP contribution in [0.3, 0.4) is 0 Å². The van der Waals surface area contributed by atoms with Crippen LogP contribution in [0.15, 0.2) is 24.4 Å². The van der Waals surface area contributed by atoms with Crippen LogP contribution in [0.25, 0.3) is 0 Å². The average Bonchev–Trinajstić information content (AvgIpc) is 2.71. The highest BCUT2D eigenvalue weighted by Gasteiger charge is 2.10. The maximum absolute atomic E-state index is 13.3. The van der Waals surface area contributed by atoms with Crippen LogP contribution in [-0.2, 0) is 20.0 Å². The predicted octanol–water partition coefficient (Wildman–Crippen LogP) is 1.62. The Bertz CT molecular complexity index is 551. The minimum Gasteiger partial charge on any atom is -0.496 e. The van der Waals surface area contributed by atoms with Gasteiger partial charge in [-0.15, -0.1) is 0 Å². The molecule has 0 atom stereocenters. The molecule has 1 heterocycles. The van der Waals surface area contributed by atoms with Crippen LogP contribution in [0, 0.1) is 5.82 Å². The van der Waals surface area contributed by atoms with Gasteiger partial charge in [0, 0.05) is 31.8 Å². The Morgan fingerprint density at radius 3 is 2.83 bits per heavy atom. The number of rotatable bonds is 4. The molecule has 0 saturated carbocycles. The van der Waals surface area contributed by atoms with Crippen molar-refractivity contribution in [2.75, 3.05) is 7.11 Å². The van der Waals surface area contributed by atoms with Crippen molar-refractivity contribution in [1.82, 2.24) is 9.55 Å². The second-order valence-corrected chi connectivity index (χ2v) is 4.10. The fourth-order valence-electron chi connectivity index (χ4n) is 1.89. The second kappa shape index (κ2) is 5.18. The van der Waals surface area contributed by atoms with Gasteiger partial charge >= 0.3 is 0 Å². The first kappa shape index (κ1) is 12.6. The van der Waals surface area contributed by atoms with E-state index in [1.54, 1.807) is 13.2 Å². The molecule has 0 fully saturated rings. The predicted molar refractivity (Wildman–Crippen MR) is 66.9 cm³/mol. The van der Waals surface area contributed by atoms with Gasteiger partial charge in [-0.3, -0.25) is 0 Å². The molecule has 96 valence electrons. The van der Waals surface area contributed by atoms with E-state index in [4.69, 9.17) is 10.5 Å². The van der Waals surface area contributed by atoms with Gasteiger partial charge in [0.15, 0.2) is 0 Å². The largest absolute Gasteiger partial charge is 0.496 e. The molecule has 1 aromatic heterocycles. The van der Waals surface area contributed by atoms with Gasteiger partial charge < -0.3 is 15.0 Å². The van der Waals surface area contributed by atoms with Crippen molar-refractivity contribution in [1.29, 1.82) is 0 Å². The Kier molecular flexibility index (Phi) is 3.62. The number of hydrogen-bond acceptors (Lipinski definition) is 3. The number of benzene rings is 1. The highest BCUT2D eigenvalue weighted by molar-refractivity contribution is 5.36. The summed E-state index contributed by atoms with van der Waals surface area (Å²) in [7, 11) is 3.47. The van der Waals surface area contributed by atoms with E-state index in [0.29, 0.717) is 18.7 Å². The molecule has 0 aliphatic heterocycles. The number of nitrogens with zero attached hydrogens (tertiary/aromatic N) is 2. The zero-order chi connectivity index (χ0) is 13.1.